The number of aromatic nitrogens is 1. The lowest BCUT2D eigenvalue weighted by Gasteiger charge is -2.26. The highest BCUT2D eigenvalue weighted by Gasteiger charge is 2.25. The van der Waals surface area contributed by atoms with Crippen molar-refractivity contribution in [1.29, 1.82) is 0 Å². The Balaban J connectivity index is 1.37. The van der Waals surface area contributed by atoms with Gasteiger partial charge in [-0.2, -0.15) is 0 Å². The topological polar surface area (TPSA) is 91.2 Å². The number of nitrogens with one attached hydrogen (secondary N) is 2. The number of ether oxygens (including phenoxy) is 3. The zero-order valence-corrected chi connectivity index (χ0v) is 15.6. The van der Waals surface area contributed by atoms with Gasteiger partial charge in [0.25, 0.3) is 5.82 Å². The average Bonchev–Trinajstić information content (AvgIpc) is 2.73. The number of morpholine rings is 1. The summed E-state index contributed by atoms with van der Waals surface area (Å²) in [5, 5.41) is 0. The number of benzene rings is 1. The number of aromatic amines is 1. The number of rotatable bonds is 5. The SMILES string of the molecule is O=S(=O)(NC[C@H]1COc2ccccc2O1)c1ccc(N2CCOCC2)[nH+]c1. The summed E-state index contributed by atoms with van der Waals surface area (Å²) in [6.07, 6.45) is 1.12. The number of H-pyrrole nitrogens is 1. The van der Waals surface area contributed by atoms with Crippen molar-refractivity contribution < 1.29 is 27.6 Å². The van der Waals surface area contributed by atoms with Gasteiger partial charge in [-0.1, -0.05) is 12.1 Å². The number of nitrogens with zero attached hydrogens (tertiary/aromatic N) is 1. The summed E-state index contributed by atoms with van der Waals surface area (Å²) in [5.41, 5.74) is 0. The smallest absolute Gasteiger partial charge is 0.274 e. The van der Waals surface area contributed by atoms with Gasteiger partial charge in [-0.15, -0.1) is 0 Å². The van der Waals surface area contributed by atoms with Gasteiger partial charge in [-0.25, -0.2) is 18.1 Å². The monoisotopic (exact) mass is 392 g/mol. The van der Waals surface area contributed by atoms with Gasteiger partial charge in [-0.3, -0.25) is 4.90 Å². The molecule has 1 aromatic carbocycles. The summed E-state index contributed by atoms with van der Waals surface area (Å²) in [7, 11) is -3.64. The Bertz CT molecular complexity index is 882. The van der Waals surface area contributed by atoms with Crippen LogP contribution in [0.4, 0.5) is 5.82 Å². The lowest BCUT2D eigenvalue weighted by Crippen LogP contribution is -2.41. The number of para-hydroxylation sites is 2. The molecule has 0 amide bonds. The number of fused-ring (bicyclic) bond motifs is 1. The average molecular weight is 392 g/mol. The first-order valence-corrected chi connectivity index (χ1v) is 10.3. The maximum absolute atomic E-state index is 12.5. The molecular formula is C18H22N3O5S+. The zero-order valence-electron chi connectivity index (χ0n) is 14.8. The predicted molar refractivity (Wildman–Crippen MR) is 97.6 cm³/mol. The first-order chi connectivity index (χ1) is 13.1. The van der Waals surface area contributed by atoms with Crippen LogP contribution in [0.1, 0.15) is 0 Å². The van der Waals surface area contributed by atoms with Crippen molar-refractivity contribution in [3.8, 4) is 11.5 Å². The Morgan fingerprint density at radius 1 is 1.11 bits per heavy atom. The molecule has 0 spiro atoms. The number of anilines is 1. The Labute approximate surface area is 158 Å². The third-order valence-electron chi connectivity index (χ3n) is 4.50. The molecule has 8 nitrogen and oxygen atoms in total. The largest absolute Gasteiger partial charge is 0.486 e. The van der Waals surface area contributed by atoms with Crippen LogP contribution < -0.4 is 24.1 Å². The second-order valence-electron chi connectivity index (χ2n) is 6.36. The predicted octanol–water partition coefficient (Wildman–Crippen LogP) is 0.456. The quantitative estimate of drug-likeness (QED) is 0.795. The molecule has 1 saturated heterocycles. The summed E-state index contributed by atoms with van der Waals surface area (Å²) >= 11 is 0. The van der Waals surface area contributed by atoms with E-state index in [-0.39, 0.29) is 17.5 Å². The summed E-state index contributed by atoms with van der Waals surface area (Å²) < 4.78 is 44.4. The van der Waals surface area contributed by atoms with Crippen molar-refractivity contribution >= 4 is 15.8 Å². The van der Waals surface area contributed by atoms with Gasteiger partial charge < -0.3 is 14.2 Å². The summed E-state index contributed by atoms with van der Waals surface area (Å²) in [6, 6.07) is 10.7. The molecule has 1 fully saturated rings. The molecule has 2 aliphatic rings. The molecule has 1 aromatic heterocycles. The molecule has 3 heterocycles. The molecule has 2 aromatic rings. The highest BCUT2D eigenvalue weighted by atomic mass is 32.2. The van der Waals surface area contributed by atoms with Crippen molar-refractivity contribution in [3.63, 3.8) is 0 Å². The highest BCUT2D eigenvalue weighted by molar-refractivity contribution is 7.89. The fourth-order valence-electron chi connectivity index (χ4n) is 3.02. The van der Waals surface area contributed by atoms with Crippen LogP contribution in [-0.2, 0) is 14.8 Å². The molecule has 1 atom stereocenters. The van der Waals surface area contributed by atoms with Gasteiger partial charge in [0.2, 0.25) is 10.0 Å². The standard InChI is InChI=1S/C18H21N3O5S/c22-27(23,15-5-6-18(19-12-15)21-7-9-24-10-8-21)20-11-14-13-25-16-3-1-2-4-17(16)26-14/h1-6,12,14,20H,7-11,13H2/p+1/t14-/m0/s1. The van der Waals surface area contributed by atoms with Crippen LogP contribution >= 0.6 is 0 Å². The van der Waals surface area contributed by atoms with E-state index in [1.54, 1.807) is 18.2 Å². The lowest BCUT2D eigenvalue weighted by atomic mass is 10.2. The molecule has 9 heteroatoms. The summed E-state index contributed by atoms with van der Waals surface area (Å²) in [5.74, 6) is 2.17. The van der Waals surface area contributed by atoms with E-state index >= 15 is 0 Å². The molecule has 4 rings (SSSR count). The van der Waals surface area contributed by atoms with Crippen LogP contribution in [-0.4, -0.2) is 54.0 Å². The van der Waals surface area contributed by atoms with Gasteiger partial charge in [-0.05, 0) is 18.2 Å². The first-order valence-electron chi connectivity index (χ1n) is 8.84. The zero-order chi connectivity index (χ0) is 18.7. The minimum absolute atomic E-state index is 0.127. The number of sulfonamides is 1. The van der Waals surface area contributed by atoms with Gasteiger partial charge in [0.15, 0.2) is 11.5 Å². The van der Waals surface area contributed by atoms with Crippen molar-refractivity contribution in [2.75, 3.05) is 44.4 Å². The molecule has 144 valence electrons. The maximum atomic E-state index is 12.5. The van der Waals surface area contributed by atoms with Crippen LogP contribution in [0.15, 0.2) is 47.5 Å². The van der Waals surface area contributed by atoms with E-state index in [9.17, 15) is 8.42 Å². The minimum Gasteiger partial charge on any atom is -0.486 e. The third kappa shape index (κ3) is 4.15. The van der Waals surface area contributed by atoms with Gasteiger partial charge in [0, 0.05) is 6.07 Å². The van der Waals surface area contributed by atoms with Crippen molar-refractivity contribution in [3.05, 3.63) is 42.6 Å². The Hall–Kier alpha value is -2.36. The van der Waals surface area contributed by atoms with Crippen LogP contribution in [0, 0.1) is 0 Å². The van der Waals surface area contributed by atoms with Crippen LogP contribution in [0.5, 0.6) is 11.5 Å². The molecule has 0 radical (unpaired) electrons. The maximum Gasteiger partial charge on any atom is 0.274 e. The van der Waals surface area contributed by atoms with E-state index in [2.05, 4.69) is 14.6 Å². The van der Waals surface area contributed by atoms with E-state index < -0.39 is 10.0 Å². The van der Waals surface area contributed by atoms with Gasteiger partial charge in [0.1, 0.15) is 36.9 Å². The normalized spacial score (nSPS) is 19.7. The van der Waals surface area contributed by atoms with E-state index in [0.717, 1.165) is 18.9 Å². The van der Waals surface area contributed by atoms with E-state index in [4.69, 9.17) is 14.2 Å². The van der Waals surface area contributed by atoms with Crippen molar-refractivity contribution in [1.82, 2.24) is 4.72 Å². The van der Waals surface area contributed by atoms with Crippen LogP contribution in [0.2, 0.25) is 0 Å². The minimum atomic E-state index is -3.64. The van der Waals surface area contributed by atoms with E-state index in [1.165, 1.54) is 6.20 Å². The molecule has 27 heavy (non-hydrogen) atoms. The Kier molecular flexibility index (Phi) is 5.15. The third-order valence-corrected chi connectivity index (χ3v) is 5.92. The number of hydrogen-bond acceptors (Lipinski definition) is 6. The second kappa shape index (κ2) is 7.71. The Morgan fingerprint density at radius 3 is 2.63 bits per heavy atom. The van der Waals surface area contributed by atoms with Crippen molar-refractivity contribution in [2.24, 2.45) is 0 Å². The highest BCUT2D eigenvalue weighted by Crippen LogP contribution is 2.30. The number of pyridine rings is 1. The van der Waals surface area contributed by atoms with Crippen LogP contribution in [0.3, 0.4) is 0 Å². The fraction of sp³-hybridized carbons (Fsp3) is 0.389. The second-order valence-corrected chi connectivity index (χ2v) is 8.13. The van der Waals surface area contributed by atoms with E-state index in [1.807, 2.05) is 18.2 Å². The molecule has 2 N–H and O–H groups in total. The molecule has 0 unspecified atom stereocenters. The van der Waals surface area contributed by atoms with Crippen molar-refractivity contribution in [2.45, 2.75) is 11.0 Å². The number of hydrogen-bond donors (Lipinski definition) is 1. The molecule has 0 bridgehead atoms. The van der Waals surface area contributed by atoms with Crippen LogP contribution in [0.25, 0.3) is 0 Å². The molecular weight excluding hydrogens is 370 g/mol. The summed E-state index contributed by atoms with van der Waals surface area (Å²) in [6.45, 7) is 3.32. The van der Waals surface area contributed by atoms with Gasteiger partial charge in [0.05, 0.1) is 19.8 Å². The molecule has 0 aliphatic carbocycles. The van der Waals surface area contributed by atoms with Gasteiger partial charge >= 0.3 is 0 Å². The van der Waals surface area contributed by atoms with E-state index in [0.29, 0.717) is 31.3 Å². The first kappa shape index (κ1) is 18.0. The Morgan fingerprint density at radius 2 is 1.89 bits per heavy atom. The summed E-state index contributed by atoms with van der Waals surface area (Å²) in [4.78, 5) is 5.36. The molecule has 2 aliphatic heterocycles. The molecule has 0 saturated carbocycles. The fourth-order valence-corrected chi connectivity index (χ4v) is 4.05. The lowest BCUT2D eigenvalue weighted by molar-refractivity contribution is -0.367.